The molecule has 0 atom stereocenters. The fourth-order valence-electron chi connectivity index (χ4n) is 2.74. The average Bonchev–Trinajstić information content (AvgIpc) is 2.67. The molecule has 0 aliphatic carbocycles. The lowest BCUT2D eigenvalue weighted by atomic mass is 10.1. The fraction of sp³-hybridized carbons (Fsp3) is 0.227. The summed E-state index contributed by atoms with van der Waals surface area (Å²) in [5.74, 6) is -0.389. The normalized spacial score (nSPS) is 10.9. The second kappa shape index (κ2) is 8.08. The Morgan fingerprint density at radius 3 is 2.50 bits per heavy atom. The number of hydrogen-bond acceptors (Lipinski definition) is 4. The first-order chi connectivity index (χ1) is 13.3. The second-order valence-corrected chi connectivity index (χ2v) is 7.06. The smallest absolute Gasteiger partial charge is 0.291 e. The van der Waals surface area contributed by atoms with Crippen molar-refractivity contribution in [3.8, 4) is 0 Å². The van der Waals surface area contributed by atoms with Crippen molar-refractivity contribution in [1.82, 2.24) is 5.32 Å². The van der Waals surface area contributed by atoms with Crippen molar-refractivity contribution in [2.75, 3.05) is 11.9 Å². The van der Waals surface area contributed by atoms with Gasteiger partial charge in [0.1, 0.15) is 5.58 Å². The Balaban J connectivity index is 1.79. The van der Waals surface area contributed by atoms with E-state index in [-0.39, 0.29) is 17.1 Å². The molecule has 0 saturated carbocycles. The molecule has 0 saturated heterocycles. The van der Waals surface area contributed by atoms with Crippen molar-refractivity contribution in [2.45, 2.75) is 20.8 Å². The van der Waals surface area contributed by atoms with Gasteiger partial charge < -0.3 is 15.1 Å². The van der Waals surface area contributed by atoms with Crippen LogP contribution in [0, 0.1) is 12.8 Å². The highest BCUT2D eigenvalue weighted by atomic mass is 16.3. The zero-order valence-corrected chi connectivity index (χ0v) is 16.0. The molecule has 6 heteroatoms. The standard InChI is InChI=1S/C22H22N2O4/c1-13(2)12-23-21(26)15-8-9-17(14(3)10-15)24-22(27)20-11-18(25)16-6-4-5-7-19(16)28-20/h4-11,13H,12H2,1-3H3,(H,23,26)(H,24,27). The van der Waals surface area contributed by atoms with Gasteiger partial charge in [0.05, 0.1) is 5.39 Å². The van der Waals surface area contributed by atoms with Gasteiger partial charge in [0, 0.05) is 23.9 Å². The van der Waals surface area contributed by atoms with Crippen LogP contribution in [0.25, 0.3) is 11.0 Å². The Morgan fingerprint density at radius 1 is 1.04 bits per heavy atom. The van der Waals surface area contributed by atoms with E-state index in [0.29, 0.717) is 34.7 Å². The Kier molecular flexibility index (Phi) is 5.59. The number of carbonyl (C=O) groups excluding carboxylic acids is 2. The number of nitrogens with one attached hydrogen (secondary N) is 2. The van der Waals surface area contributed by atoms with E-state index >= 15 is 0 Å². The minimum absolute atomic E-state index is 0.0677. The molecule has 0 aliphatic heterocycles. The summed E-state index contributed by atoms with van der Waals surface area (Å²) in [6, 6.07) is 13.0. The molecule has 0 fully saturated rings. The van der Waals surface area contributed by atoms with Crippen molar-refractivity contribution in [1.29, 1.82) is 0 Å². The maximum absolute atomic E-state index is 12.5. The molecule has 1 aromatic heterocycles. The highest BCUT2D eigenvalue weighted by molar-refractivity contribution is 6.04. The molecule has 1 heterocycles. The lowest BCUT2D eigenvalue weighted by Crippen LogP contribution is -2.27. The van der Waals surface area contributed by atoms with E-state index < -0.39 is 5.91 Å². The minimum Gasteiger partial charge on any atom is -0.451 e. The summed E-state index contributed by atoms with van der Waals surface area (Å²) in [5.41, 5.74) is 1.87. The van der Waals surface area contributed by atoms with E-state index in [1.807, 2.05) is 13.8 Å². The summed E-state index contributed by atoms with van der Waals surface area (Å²) in [6.07, 6.45) is 0. The Labute approximate surface area is 162 Å². The first kappa shape index (κ1) is 19.4. The van der Waals surface area contributed by atoms with E-state index in [1.54, 1.807) is 49.4 Å². The van der Waals surface area contributed by atoms with Crippen LogP contribution < -0.4 is 16.1 Å². The fourth-order valence-corrected chi connectivity index (χ4v) is 2.74. The third kappa shape index (κ3) is 4.28. The van der Waals surface area contributed by atoms with Gasteiger partial charge in [-0.25, -0.2) is 0 Å². The zero-order chi connectivity index (χ0) is 20.3. The average molecular weight is 378 g/mol. The lowest BCUT2D eigenvalue weighted by Gasteiger charge is -2.11. The lowest BCUT2D eigenvalue weighted by molar-refractivity contribution is 0.0948. The van der Waals surface area contributed by atoms with Crippen LogP contribution in [0.15, 0.2) is 57.7 Å². The number of anilines is 1. The summed E-state index contributed by atoms with van der Waals surface area (Å²) in [7, 11) is 0. The zero-order valence-electron chi connectivity index (χ0n) is 16.0. The van der Waals surface area contributed by atoms with Crippen molar-refractivity contribution < 1.29 is 14.0 Å². The molecule has 0 spiro atoms. The molecule has 144 valence electrons. The highest BCUT2D eigenvalue weighted by Gasteiger charge is 2.14. The van der Waals surface area contributed by atoms with Gasteiger partial charge >= 0.3 is 0 Å². The summed E-state index contributed by atoms with van der Waals surface area (Å²) >= 11 is 0. The number of rotatable bonds is 5. The first-order valence-corrected chi connectivity index (χ1v) is 9.08. The van der Waals surface area contributed by atoms with Crippen LogP contribution in [-0.2, 0) is 0 Å². The number of para-hydroxylation sites is 1. The Bertz CT molecular complexity index is 1100. The van der Waals surface area contributed by atoms with E-state index in [4.69, 9.17) is 4.42 Å². The van der Waals surface area contributed by atoms with Gasteiger partial charge in [-0.2, -0.15) is 0 Å². The summed E-state index contributed by atoms with van der Waals surface area (Å²) in [4.78, 5) is 36.9. The third-order valence-corrected chi connectivity index (χ3v) is 4.27. The SMILES string of the molecule is Cc1cc(C(=O)NCC(C)C)ccc1NC(=O)c1cc(=O)c2ccccc2o1. The predicted molar refractivity (Wildman–Crippen MR) is 109 cm³/mol. The number of fused-ring (bicyclic) bond motifs is 1. The van der Waals surface area contributed by atoms with Gasteiger partial charge in [-0.05, 0) is 48.7 Å². The first-order valence-electron chi connectivity index (χ1n) is 9.08. The molecule has 28 heavy (non-hydrogen) atoms. The molecule has 3 aromatic rings. The molecule has 0 radical (unpaired) electrons. The quantitative estimate of drug-likeness (QED) is 0.708. The summed E-state index contributed by atoms with van der Waals surface area (Å²) < 4.78 is 5.56. The topological polar surface area (TPSA) is 88.4 Å². The van der Waals surface area contributed by atoms with E-state index in [1.165, 1.54) is 6.07 Å². The molecule has 0 aliphatic rings. The van der Waals surface area contributed by atoms with Crippen molar-refractivity contribution >= 4 is 28.5 Å². The number of hydrogen-bond donors (Lipinski definition) is 2. The maximum atomic E-state index is 12.5. The van der Waals surface area contributed by atoms with E-state index in [9.17, 15) is 14.4 Å². The van der Waals surface area contributed by atoms with Crippen LogP contribution >= 0.6 is 0 Å². The van der Waals surface area contributed by atoms with Crippen molar-refractivity contribution in [3.05, 3.63) is 75.6 Å². The second-order valence-electron chi connectivity index (χ2n) is 7.06. The van der Waals surface area contributed by atoms with Crippen molar-refractivity contribution in [3.63, 3.8) is 0 Å². The highest BCUT2D eigenvalue weighted by Crippen LogP contribution is 2.19. The number of carbonyl (C=O) groups is 2. The van der Waals surface area contributed by atoms with Crippen LogP contribution in [0.2, 0.25) is 0 Å². The van der Waals surface area contributed by atoms with Crippen LogP contribution in [0.3, 0.4) is 0 Å². The van der Waals surface area contributed by atoms with Crippen LogP contribution in [0.5, 0.6) is 0 Å². The van der Waals surface area contributed by atoms with Gasteiger partial charge in [0.25, 0.3) is 11.8 Å². The predicted octanol–water partition coefficient (Wildman–Crippen LogP) is 3.74. The molecule has 2 aromatic carbocycles. The number of amides is 2. The minimum atomic E-state index is -0.525. The summed E-state index contributed by atoms with van der Waals surface area (Å²) in [6.45, 7) is 6.44. The molecule has 0 bridgehead atoms. The van der Waals surface area contributed by atoms with Crippen LogP contribution in [0.4, 0.5) is 5.69 Å². The van der Waals surface area contributed by atoms with Gasteiger partial charge in [0.15, 0.2) is 11.2 Å². The summed E-state index contributed by atoms with van der Waals surface area (Å²) in [5, 5.41) is 6.01. The molecule has 3 rings (SSSR count). The van der Waals surface area contributed by atoms with Gasteiger partial charge in [-0.3, -0.25) is 14.4 Å². The van der Waals surface area contributed by atoms with Crippen LogP contribution in [-0.4, -0.2) is 18.4 Å². The number of benzene rings is 2. The molecule has 0 unspecified atom stereocenters. The third-order valence-electron chi connectivity index (χ3n) is 4.27. The molecule has 2 N–H and O–H groups in total. The van der Waals surface area contributed by atoms with Crippen LogP contribution in [0.1, 0.15) is 40.3 Å². The van der Waals surface area contributed by atoms with Gasteiger partial charge in [-0.15, -0.1) is 0 Å². The monoisotopic (exact) mass is 378 g/mol. The van der Waals surface area contributed by atoms with E-state index in [2.05, 4.69) is 10.6 Å². The van der Waals surface area contributed by atoms with Gasteiger partial charge in [-0.1, -0.05) is 26.0 Å². The Morgan fingerprint density at radius 2 is 1.79 bits per heavy atom. The van der Waals surface area contributed by atoms with Gasteiger partial charge in [0.2, 0.25) is 0 Å². The van der Waals surface area contributed by atoms with E-state index in [0.717, 1.165) is 5.56 Å². The molecule has 2 amide bonds. The largest absolute Gasteiger partial charge is 0.451 e. The number of aryl methyl sites for hydroxylation is 1. The van der Waals surface area contributed by atoms with Crippen molar-refractivity contribution in [2.24, 2.45) is 5.92 Å². The molecule has 6 nitrogen and oxygen atoms in total. The Hall–Kier alpha value is -3.41. The maximum Gasteiger partial charge on any atom is 0.291 e. The molecular formula is C22H22N2O4. The molecular weight excluding hydrogens is 356 g/mol.